The molecule has 2 aromatic rings. The number of aliphatic carboxylic acids is 1. The number of carbonyl (C=O) groups excluding carboxylic acids is 10. The van der Waals surface area contributed by atoms with E-state index >= 15 is 0 Å². The number of benzene rings is 1. The van der Waals surface area contributed by atoms with Crippen molar-refractivity contribution in [1.82, 2.24) is 51.2 Å². The van der Waals surface area contributed by atoms with Crippen LogP contribution >= 0.6 is 11.3 Å². The number of rotatable bonds is 34. The number of nitrogens with zero attached hydrogens (tertiary/aromatic N) is 5. The lowest BCUT2D eigenvalue weighted by molar-refractivity contribution is -0.142. The summed E-state index contributed by atoms with van der Waals surface area (Å²) in [6.45, 7) is 13.9. The van der Waals surface area contributed by atoms with E-state index < -0.39 is 84.0 Å². The quantitative estimate of drug-likeness (QED) is 0.0347. The second-order valence-corrected chi connectivity index (χ2v) is 24.4. The Morgan fingerprint density at radius 1 is 0.826 bits per heavy atom. The average molecular weight is 1220 g/mol. The van der Waals surface area contributed by atoms with E-state index in [4.69, 9.17) is 10.5 Å². The number of ether oxygens (including phenoxy) is 1. The van der Waals surface area contributed by atoms with Crippen molar-refractivity contribution in [3.05, 3.63) is 58.1 Å². The van der Waals surface area contributed by atoms with E-state index in [9.17, 15) is 57.8 Å². The van der Waals surface area contributed by atoms with Crippen molar-refractivity contribution < 1.29 is 62.6 Å². The lowest BCUT2D eigenvalue weighted by Crippen LogP contribution is -2.58. The number of piperidine rings is 1. The first-order valence-electron chi connectivity index (χ1n) is 29.8. The van der Waals surface area contributed by atoms with Gasteiger partial charge < -0.3 is 57.3 Å². The van der Waals surface area contributed by atoms with Gasteiger partial charge in [-0.1, -0.05) is 79.9 Å². The summed E-state index contributed by atoms with van der Waals surface area (Å²) in [5.74, 6) is -6.11. The number of aromatic nitrogens is 1. The summed E-state index contributed by atoms with van der Waals surface area (Å²) >= 11 is 1.09. The molecule has 1 aromatic heterocycles. The fourth-order valence-corrected chi connectivity index (χ4v) is 11.1. The number of nitrogens with one attached hydrogen (secondary N) is 6. The van der Waals surface area contributed by atoms with Gasteiger partial charge in [0.25, 0.3) is 17.7 Å². The molecular formula is C60H92N12O13S. The van der Waals surface area contributed by atoms with Crippen LogP contribution in [-0.2, 0) is 49.5 Å². The Labute approximate surface area is 509 Å². The highest BCUT2D eigenvalue weighted by atomic mass is 32.1. The van der Waals surface area contributed by atoms with Crippen molar-refractivity contribution in [1.29, 1.82) is 0 Å². The van der Waals surface area contributed by atoms with E-state index in [1.54, 1.807) is 50.1 Å². The molecule has 11 amide bonds. The molecule has 25 nitrogen and oxygen atoms in total. The number of primary amides is 1. The largest absolute Gasteiger partial charge is 0.481 e. The zero-order valence-corrected chi connectivity index (χ0v) is 52.6. The van der Waals surface area contributed by atoms with Crippen molar-refractivity contribution in [2.24, 2.45) is 29.4 Å². The molecule has 1 fully saturated rings. The Morgan fingerprint density at radius 2 is 1.50 bits per heavy atom. The van der Waals surface area contributed by atoms with E-state index in [1.807, 2.05) is 39.6 Å². The molecule has 4 rings (SSSR count). The van der Waals surface area contributed by atoms with Gasteiger partial charge >= 0.3 is 18.1 Å². The van der Waals surface area contributed by atoms with Crippen molar-refractivity contribution in [3.63, 3.8) is 0 Å². The number of likely N-dealkylation sites (tertiary alicyclic amines) is 1. The topological polar surface area (TPSA) is 341 Å². The molecule has 0 saturated carbocycles. The van der Waals surface area contributed by atoms with Gasteiger partial charge in [-0.2, -0.15) is 0 Å². The Morgan fingerprint density at radius 3 is 2.09 bits per heavy atom. The fourth-order valence-electron chi connectivity index (χ4n) is 10.2. The van der Waals surface area contributed by atoms with E-state index in [-0.39, 0.29) is 105 Å². The smallest absolute Gasteiger partial charge is 0.409 e. The first-order chi connectivity index (χ1) is 40.6. The normalized spacial score (nSPS) is 17.1. The third-order valence-corrected chi connectivity index (χ3v) is 16.6. The zero-order valence-electron chi connectivity index (χ0n) is 51.8. The second-order valence-electron chi connectivity index (χ2n) is 23.5. The highest BCUT2D eigenvalue weighted by molar-refractivity contribution is 7.09. The van der Waals surface area contributed by atoms with Crippen LogP contribution in [-0.4, -0.2) is 179 Å². The van der Waals surface area contributed by atoms with Gasteiger partial charge in [0, 0.05) is 82.4 Å². The van der Waals surface area contributed by atoms with Gasteiger partial charge in [0.1, 0.15) is 28.8 Å². The molecule has 476 valence electrons. The van der Waals surface area contributed by atoms with E-state index in [0.717, 1.165) is 35.6 Å². The maximum Gasteiger partial charge on any atom is 0.409 e. The number of carboxylic acids is 1. The number of thiazole rings is 1. The zero-order chi connectivity index (χ0) is 63.9. The maximum atomic E-state index is 14.5. The highest BCUT2D eigenvalue weighted by Gasteiger charge is 2.38. The van der Waals surface area contributed by atoms with Gasteiger partial charge in [-0.25, -0.2) is 14.6 Å². The molecule has 0 aliphatic carbocycles. The molecule has 1 saturated heterocycles. The lowest BCUT2D eigenvalue weighted by atomic mass is 9.92. The number of likely N-dealkylation sites (N-methyl/N-ethyl adjacent to an activating group) is 2. The molecule has 0 bridgehead atoms. The molecule has 0 spiro atoms. The van der Waals surface area contributed by atoms with Gasteiger partial charge in [-0.15, -0.1) is 11.3 Å². The van der Waals surface area contributed by atoms with Crippen LogP contribution in [0, 0.1) is 23.7 Å². The number of carbonyl (C=O) groups is 11. The molecule has 1 aromatic carbocycles. The van der Waals surface area contributed by atoms with Crippen LogP contribution in [0.2, 0.25) is 0 Å². The minimum absolute atomic E-state index is 0.00771. The van der Waals surface area contributed by atoms with Gasteiger partial charge in [-0.05, 0) is 100 Å². The summed E-state index contributed by atoms with van der Waals surface area (Å²) < 4.78 is 6.01. The van der Waals surface area contributed by atoms with Crippen molar-refractivity contribution >= 4 is 82.4 Å². The predicted octanol–water partition coefficient (Wildman–Crippen LogP) is 4.72. The predicted molar refractivity (Wildman–Crippen MR) is 324 cm³/mol. The molecule has 26 heteroatoms. The van der Waals surface area contributed by atoms with E-state index in [2.05, 4.69) is 36.9 Å². The molecule has 3 heterocycles. The number of hydrogen-bond acceptors (Lipinski definition) is 15. The minimum atomic E-state index is -1.12. The Bertz CT molecular complexity index is 2680. The van der Waals surface area contributed by atoms with Crippen molar-refractivity contribution in [2.45, 2.75) is 174 Å². The van der Waals surface area contributed by atoms with E-state index in [0.29, 0.717) is 48.4 Å². The summed E-state index contributed by atoms with van der Waals surface area (Å²) in [4.78, 5) is 154. The van der Waals surface area contributed by atoms with Gasteiger partial charge in [0.15, 0.2) is 6.10 Å². The van der Waals surface area contributed by atoms with Gasteiger partial charge in [0.05, 0.1) is 12.0 Å². The summed E-state index contributed by atoms with van der Waals surface area (Å²) in [5.41, 5.74) is 6.25. The fraction of sp³-hybridized carbons (Fsp3) is 0.633. The molecule has 2 aliphatic heterocycles. The van der Waals surface area contributed by atoms with Crippen LogP contribution in [0.1, 0.15) is 153 Å². The number of carboxylic acid groups (broad SMARTS) is 1. The van der Waals surface area contributed by atoms with Crippen LogP contribution in [0.3, 0.4) is 0 Å². The third kappa shape index (κ3) is 22.1. The van der Waals surface area contributed by atoms with Crippen LogP contribution in [0.15, 0.2) is 41.8 Å². The van der Waals surface area contributed by atoms with Crippen molar-refractivity contribution in [2.75, 3.05) is 53.1 Å². The highest BCUT2D eigenvalue weighted by Crippen LogP contribution is 2.32. The van der Waals surface area contributed by atoms with Crippen molar-refractivity contribution in [3.8, 4) is 0 Å². The molecule has 9 N–H and O–H groups in total. The number of anilines is 1. The number of hydrogen-bond donors (Lipinski definition) is 8. The number of urea groups is 1. The Kier molecular flexibility index (Phi) is 28.6. The Balaban J connectivity index is 1.47. The van der Waals surface area contributed by atoms with E-state index in [1.165, 1.54) is 43.5 Å². The monoisotopic (exact) mass is 1220 g/mol. The summed E-state index contributed by atoms with van der Waals surface area (Å²) in [5, 5.41) is 28.6. The lowest BCUT2D eigenvalue weighted by Gasteiger charge is -2.38. The molecule has 9 atom stereocenters. The maximum absolute atomic E-state index is 14.5. The number of amides is 11. The molecule has 86 heavy (non-hydrogen) atoms. The summed E-state index contributed by atoms with van der Waals surface area (Å²) in [6.07, 6.45) is 6.19. The summed E-state index contributed by atoms with van der Waals surface area (Å²) in [6, 6.07) is 1.33. The second kappa shape index (κ2) is 34.6. The number of nitrogens with two attached hydrogens (primary N) is 1. The first kappa shape index (κ1) is 71.0. The van der Waals surface area contributed by atoms with Crippen LogP contribution in [0.25, 0.3) is 0 Å². The Hall–Kier alpha value is -7.48. The molecular weight excluding hydrogens is 1130 g/mol. The molecule has 0 radical (unpaired) electrons. The molecule has 0 unspecified atom stereocenters. The first-order valence-corrected chi connectivity index (χ1v) is 30.7. The van der Waals surface area contributed by atoms with Crippen LogP contribution in [0.5, 0.6) is 0 Å². The SMILES string of the molecule is CC[C@H](C)[C@H](NC(=O)[C@H]1CCCCN1C)C(=O)N(C)[C@H](C[C@@H](OC(=O)N(C)C)c1nc(C(=O)N[C@@H](Cc2ccc(NC(=O)[C@H](CCCNC(N)=O)NC(=O)[C@@H](NC(=O)CCCCCN3C(=O)C=CC3=O)C(C)C)cc2)C[C@H](C)C(=O)O)cs1)C(C)C. The third-order valence-electron chi connectivity index (χ3n) is 15.7. The standard InChI is InChI=1S/C60H92N12O13S/c1-12-37(6)51(68-54(78)44-20-15-17-29-70(44)10)57(80)71(11)45(35(2)3)33-46(85-60(84)69(8)9)56-66-43(34-86-56)53(77)64-41(31-38(7)58(81)82)32-39-22-24-40(25-23-39)63-52(76)42(19-18-28-62-59(61)83)65-55(79)50(36(4)5)67-47(73)21-14-13-16-30-72-48(74)26-27-49(72)75/h22-27,34-38,41-42,44-46,50-51H,12-21,28-33H2,1-11H3,(H,63,76)(H,64,77)(H,65,79)(H,67,73)(H,68,78)(H,81,82)(H3,61,62,83)/t37-,38-,41+,42-,44+,45+,46+,50-,51-/m0/s1. The number of unbranched alkanes of at least 4 members (excludes halogenated alkanes) is 2. The molecule has 2 aliphatic rings. The summed E-state index contributed by atoms with van der Waals surface area (Å²) in [7, 11) is 6.66. The minimum Gasteiger partial charge on any atom is -0.481 e. The van der Waals surface area contributed by atoms with Gasteiger partial charge in [-0.3, -0.25) is 53.0 Å². The number of imide groups is 1. The van der Waals surface area contributed by atoms with Crippen LogP contribution < -0.4 is 37.6 Å². The van der Waals surface area contributed by atoms with Gasteiger partial charge in [0.2, 0.25) is 29.5 Å². The average Bonchev–Trinajstić information content (AvgIpc) is 3.69. The van der Waals surface area contributed by atoms with Crippen LogP contribution in [0.4, 0.5) is 15.3 Å².